The molecule has 5 rings (SSSR count). The van der Waals surface area contributed by atoms with Gasteiger partial charge in [-0.25, -0.2) is 16.8 Å². The number of anilines is 1. The number of benzene rings is 3. The van der Waals surface area contributed by atoms with Crippen molar-refractivity contribution < 1.29 is 35.8 Å². The van der Waals surface area contributed by atoms with Crippen LogP contribution < -0.4 is 19.1 Å². The van der Waals surface area contributed by atoms with Crippen molar-refractivity contribution in [3.05, 3.63) is 77.3 Å². The summed E-state index contributed by atoms with van der Waals surface area (Å²) < 4.78 is 71.9. The summed E-state index contributed by atoms with van der Waals surface area (Å²) in [5.74, 6) is 0.125. The van der Waals surface area contributed by atoms with Gasteiger partial charge in [-0.05, 0) is 61.5 Å². The molecule has 224 valence electrons. The maximum atomic E-state index is 13.6. The maximum absolute atomic E-state index is 13.6. The molecule has 2 aliphatic heterocycles. The topological polar surface area (TPSA) is 132 Å². The fraction of sp³-hybridized carbons (Fsp3) is 0.321. The van der Waals surface area contributed by atoms with Crippen LogP contribution in [0.1, 0.15) is 5.56 Å². The highest BCUT2D eigenvalue weighted by atomic mass is 35.5. The Hall–Kier alpha value is -3.36. The first-order valence-corrected chi connectivity index (χ1v) is 16.5. The van der Waals surface area contributed by atoms with E-state index in [2.05, 4.69) is 5.32 Å². The molecule has 14 heteroatoms. The monoisotopic (exact) mass is 635 g/mol. The van der Waals surface area contributed by atoms with Crippen LogP contribution in [0.2, 0.25) is 5.02 Å². The zero-order chi connectivity index (χ0) is 29.9. The van der Waals surface area contributed by atoms with Gasteiger partial charge in [-0.3, -0.25) is 9.10 Å². The molecule has 1 saturated heterocycles. The molecular weight excluding hydrogens is 606 g/mol. The zero-order valence-electron chi connectivity index (χ0n) is 22.7. The summed E-state index contributed by atoms with van der Waals surface area (Å²) in [7, 11) is -7.63. The molecule has 3 aromatic rings. The summed E-state index contributed by atoms with van der Waals surface area (Å²) in [4.78, 5) is 13.3. The molecule has 11 nitrogen and oxygen atoms in total. The van der Waals surface area contributed by atoms with Crippen molar-refractivity contribution in [1.82, 2.24) is 9.62 Å². The van der Waals surface area contributed by atoms with Crippen molar-refractivity contribution in [2.45, 2.75) is 22.8 Å². The molecule has 3 aromatic carbocycles. The minimum Gasteiger partial charge on any atom is -0.492 e. The van der Waals surface area contributed by atoms with Gasteiger partial charge < -0.3 is 19.5 Å². The summed E-state index contributed by atoms with van der Waals surface area (Å²) in [5, 5.41) is 3.04. The molecule has 0 aromatic heterocycles. The van der Waals surface area contributed by atoms with E-state index in [0.29, 0.717) is 37.1 Å². The van der Waals surface area contributed by atoms with Crippen LogP contribution in [0.5, 0.6) is 11.5 Å². The third-order valence-electron chi connectivity index (χ3n) is 6.79. The van der Waals surface area contributed by atoms with Crippen molar-refractivity contribution in [2.24, 2.45) is 0 Å². The van der Waals surface area contributed by atoms with Crippen LogP contribution in [-0.4, -0.2) is 79.2 Å². The zero-order valence-corrected chi connectivity index (χ0v) is 25.1. The van der Waals surface area contributed by atoms with E-state index in [9.17, 15) is 21.6 Å². The lowest BCUT2D eigenvalue weighted by Gasteiger charge is -2.34. The van der Waals surface area contributed by atoms with Crippen molar-refractivity contribution in [1.29, 1.82) is 0 Å². The van der Waals surface area contributed by atoms with Crippen molar-refractivity contribution in [2.75, 3.05) is 50.3 Å². The Balaban J connectivity index is 1.20. The molecule has 0 spiro atoms. The lowest BCUT2D eigenvalue weighted by Crippen LogP contribution is -2.51. The summed E-state index contributed by atoms with van der Waals surface area (Å²) >= 11 is 6.15. The summed E-state index contributed by atoms with van der Waals surface area (Å²) in [5.41, 5.74) is 1.15. The first-order chi connectivity index (χ1) is 20.1. The SMILES string of the molecule is Cc1ccc(S(=O)(=O)N2C[C@@H](C(=O)NCCOc3ccc(S(=O)(=O)N4CCOCC4)cc3)Oc3ccc(Cl)cc32)cc1. The van der Waals surface area contributed by atoms with E-state index in [1.165, 1.54) is 40.7 Å². The summed E-state index contributed by atoms with van der Waals surface area (Å²) in [6.45, 7) is 3.13. The van der Waals surface area contributed by atoms with Crippen LogP contribution in [0.25, 0.3) is 0 Å². The number of carbonyl (C=O) groups excluding carboxylic acids is 1. The van der Waals surface area contributed by atoms with Gasteiger partial charge in [-0.1, -0.05) is 29.3 Å². The molecule has 0 bridgehead atoms. The normalized spacial score (nSPS) is 17.7. The Labute approximate surface area is 250 Å². The number of halogens is 1. The number of aryl methyl sites for hydroxylation is 1. The van der Waals surface area contributed by atoms with Gasteiger partial charge in [0.05, 0.1) is 41.8 Å². The number of rotatable bonds is 9. The van der Waals surface area contributed by atoms with Gasteiger partial charge in [0, 0.05) is 18.1 Å². The minimum absolute atomic E-state index is 0.0808. The first-order valence-electron chi connectivity index (χ1n) is 13.2. The van der Waals surface area contributed by atoms with Crippen molar-refractivity contribution in [3.8, 4) is 11.5 Å². The molecule has 42 heavy (non-hydrogen) atoms. The van der Waals surface area contributed by atoms with E-state index < -0.39 is 32.1 Å². The van der Waals surface area contributed by atoms with E-state index in [1.807, 2.05) is 6.92 Å². The Morgan fingerprint density at radius 1 is 0.952 bits per heavy atom. The Morgan fingerprint density at radius 2 is 1.60 bits per heavy atom. The molecule has 1 atom stereocenters. The predicted octanol–water partition coefficient (Wildman–Crippen LogP) is 2.82. The quantitative estimate of drug-likeness (QED) is 0.355. The summed E-state index contributed by atoms with van der Waals surface area (Å²) in [6.07, 6.45) is -1.12. The standard InChI is InChI=1S/C28H30ClN3O8S2/c1-20-2-7-24(8-3-20)42(36,37)32-19-27(40-26-11-4-21(29)18-25(26)32)28(33)30-12-15-39-22-5-9-23(10-6-22)41(34,35)31-13-16-38-17-14-31/h2-11,18,27H,12-17,19H2,1H3,(H,30,33)/t27-/m0/s1. The van der Waals surface area contributed by atoms with Crippen molar-refractivity contribution >= 4 is 43.2 Å². The molecular formula is C28H30ClN3O8S2. The molecule has 1 amide bonds. The Morgan fingerprint density at radius 3 is 2.29 bits per heavy atom. The Bertz CT molecular complexity index is 1640. The smallest absolute Gasteiger partial charge is 0.264 e. The number of nitrogens with zero attached hydrogens (tertiary/aromatic N) is 2. The second-order valence-electron chi connectivity index (χ2n) is 9.70. The largest absolute Gasteiger partial charge is 0.492 e. The maximum Gasteiger partial charge on any atom is 0.264 e. The van der Waals surface area contributed by atoms with E-state index in [1.54, 1.807) is 30.3 Å². The van der Waals surface area contributed by atoms with Crippen LogP contribution in [0.4, 0.5) is 5.69 Å². The fourth-order valence-corrected chi connectivity index (χ4v) is 7.57. The highest BCUT2D eigenvalue weighted by Gasteiger charge is 2.37. The van der Waals surface area contributed by atoms with Crippen LogP contribution in [0.3, 0.4) is 0 Å². The number of sulfonamides is 2. The third kappa shape index (κ3) is 6.50. The van der Waals surface area contributed by atoms with Crippen LogP contribution in [-0.2, 0) is 29.6 Å². The van der Waals surface area contributed by atoms with E-state index in [0.717, 1.165) is 9.87 Å². The molecule has 2 aliphatic rings. The highest BCUT2D eigenvalue weighted by molar-refractivity contribution is 7.92. The van der Waals surface area contributed by atoms with Crippen molar-refractivity contribution in [3.63, 3.8) is 0 Å². The van der Waals surface area contributed by atoms with Crippen LogP contribution >= 0.6 is 11.6 Å². The van der Waals surface area contributed by atoms with Crippen LogP contribution in [0, 0.1) is 6.92 Å². The second kappa shape index (κ2) is 12.5. The van der Waals surface area contributed by atoms with Gasteiger partial charge in [0.1, 0.15) is 18.1 Å². The highest BCUT2D eigenvalue weighted by Crippen LogP contribution is 2.39. The van der Waals surface area contributed by atoms with Gasteiger partial charge in [0.2, 0.25) is 10.0 Å². The number of ether oxygens (including phenoxy) is 3. The van der Waals surface area contributed by atoms with Gasteiger partial charge in [-0.15, -0.1) is 0 Å². The van der Waals surface area contributed by atoms with Crippen LogP contribution in [0.15, 0.2) is 76.5 Å². The first kappa shape index (κ1) is 30.1. The van der Waals surface area contributed by atoms with E-state index >= 15 is 0 Å². The molecule has 1 N–H and O–H groups in total. The predicted molar refractivity (Wildman–Crippen MR) is 156 cm³/mol. The van der Waals surface area contributed by atoms with E-state index in [4.69, 9.17) is 25.8 Å². The van der Waals surface area contributed by atoms with Gasteiger partial charge >= 0.3 is 0 Å². The van der Waals surface area contributed by atoms with E-state index in [-0.39, 0.29) is 40.9 Å². The molecule has 2 heterocycles. The number of morpholine rings is 1. The number of fused-ring (bicyclic) bond motifs is 1. The number of hydrogen-bond acceptors (Lipinski definition) is 8. The van der Waals surface area contributed by atoms with Gasteiger partial charge in [0.15, 0.2) is 6.10 Å². The van der Waals surface area contributed by atoms with Gasteiger partial charge in [-0.2, -0.15) is 4.31 Å². The molecule has 0 radical (unpaired) electrons. The Kier molecular flexibility index (Phi) is 8.94. The molecule has 0 saturated carbocycles. The minimum atomic E-state index is -4.02. The molecule has 0 aliphatic carbocycles. The third-order valence-corrected chi connectivity index (χ3v) is 10.7. The molecule has 1 fully saturated rings. The lowest BCUT2D eigenvalue weighted by molar-refractivity contribution is -0.127. The fourth-order valence-electron chi connectivity index (χ4n) is 4.53. The number of hydrogen-bond donors (Lipinski definition) is 1. The lowest BCUT2D eigenvalue weighted by atomic mass is 10.2. The average Bonchev–Trinajstić information content (AvgIpc) is 2.99. The second-order valence-corrected chi connectivity index (χ2v) is 13.9. The number of carbonyl (C=O) groups is 1. The van der Waals surface area contributed by atoms with Gasteiger partial charge in [0.25, 0.3) is 15.9 Å². The number of nitrogens with one attached hydrogen (secondary N) is 1. The summed E-state index contributed by atoms with van der Waals surface area (Å²) in [6, 6.07) is 17.1. The average molecular weight is 636 g/mol. The number of amides is 1. The molecule has 0 unspecified atom stereocenters.